The van der Waals surface area contributed by atoms with E-state index in [2.05, 4.69) is 6.58 Å². The van der Waals surface area contributed by atoms with Crippen LogP contribution in [0.5, 0.6) is 5.75 Å². The summed E-state index contributed by atoms with van der Waals surface area (Å²) >= 11 is 0. The summed E-state index contributed by atoms with van der Waals surface area (Å²) in [6.07, 6.45) is 1.46. The maximum absolute atomic E-state index is 14.1. The maximum Gasteiger partial charge on any atom is 0.137 e. The summed E-state index contributed by atoms with van der Waals surface area (Å²) in [5.74, 6) is -2.35. The lowest BCUT2D eigenvalue weighted by Gasteiger charge is -2.12. The van der Waals surface area contributed by atoms with Crippen molar-refractivity contribution < 1.29 is 17.9 Å². The maximum atomic E-state index is 14.1. The molecule has 4 heteroatoms. The van der Waals surface area contributed by atoms with Gasteiger partial charge in [0.1, 0.15) is 29.8 Å². The standard InChI is InChI=1S/C16H13F3O/c1-3-7-20-11-8-13(18)16(14(19)9-11)15-10(2)5-4-6-12(15)17/h3-6,8-9H,1,7H2,2H3. The van der Waals surface area contributed by atoms with Gasteiger partial charge in [0.2, 0.25) is 0 Å². The highest BCUT2D eigenvalue weighted by Crippen LogP contribution is 2.33. The second-order valence-electron chi connectivity index (χ2n) is 4.29. The van der Waals surface area contributed by atoms with Crippen LogP contribution in [0.2, 0.25) is 0 Å². The van der Waals surface area contributed by atoms with Gasteiger partial charge in [-0.2, -0.15) is 0 Å². The van der Waals surface area contributed by atoms with E-state index in [-0.39, 0.29) is 23.5 Å². The minimum atomic E-state index is -0.864. The number of hydrogen-bond donors (Lipinski definition) is 0. The van der Waals surface area contributed by atoms with E-state index >= 15 is 0 Å². The van der Waals surface area contributed by atoms with E-state index < -0.39 is 17.5 Å². The molecule has 2 rings (SSSR count). The van der Waals surface area contributed by atoms with Gasteiger partial charge in [0.25, 0.3) is 0 Å². The molecule has 0 spiro atoms. The van der Waals surface area contributed by atoms with Crippen LogP contribution in [-0.2, 0) is 0 Å². The van der Waals surface area contributed by atoms with E-state index in [9.17, 15) is 13.2 Å². The molecule has 104 valence electrons. The van der Waals surface area contributed by atoms with Crippen LogP contribution in [0.1, 0.15) is 5.56 Å². The number of hydrogen-bond acceptors (Lipinski definition) is 1. The molecule has 0 atom stereocenters. The number of halogens is 3. The molecule has 0 aliphatic rings. The molecule has 0 saturated carbocycles. The van der Waals surface area contributed by atoms with Crippen molar-refractivity contribution in [1.29, 1.82) is 0 Å². The summed E-state index contributed by atoms with van der Waals surface area (Å²) < 4.78 is 47.0. The molecule has 0 amide bonds. The minimum absolute atomic E-state index is 0.0395. The van der Waals surface area contributed by atoms with Crippen LogP contribution >= 0.6 is 0 Å². The van der Waals surface area contributed by atoms with E-state index in [0.29, 0.717) is 5.56 Å². The van der Waals surface area contributed by atoms with Gasteiger partial charge in [-0.05, 0) is 18.6 Å². The molecule has 0 N–H and O–H groups in total. The first-order valence-electron chi connectivity index (χ1n) is 6.02. The zero-order chi connectivity index (χ0) is 14.7. The third kappa shape index (κ3) is 2.69. The summed E-state index contributed by atoms with van der Waals surface area (Å²) in [5.41, 5.74) is 0.00637. The number of rotatable bonds is 4. The van der Waals surface area contributed by atoms with Crippen LogP contribution in [0.25, 0.3) is 11.1 Å². The number of aryl methyl sites for hydroxylation is 1. The Morgan fingerprint density at radius 1 is 1.05 bits per heavy atom. The summed E-state index contributed by atoms with van der Waals surface area (Å²) in [7, 11) is 0. The Morgan fingerprint density at radius 2 is 1.70 bits per heavy atom. The lowest BCUT2D eigenvalue weighted by molar-refractivity contribution is 0.358. The van der Waals surface area contributed by atoms with Crippen molar-refractivity contribution in [3.05, 3.63) is 66.0 Å². The van der Waals surface area contributed by atoms with Gasteiger partial charge in [-0.15, -0.1) is 0 Å². The Labute approximate surface area is 115 Å². The summed E-state index contributed by atoms with van der Waals surface area (Å²) in [6, 6.07) is 6.33. The molecule has 2 aromatic carbocycles. The molecular weight excluding hydrogens is 265 g/mol. The second-order valence-corrected chi connectivity index (χ2v) is 4.29. The summed E-state index contributed by atoms with van der Waals surface area (Å²) in [5, 5.41) is 0. The molecule has 1 nitrogen and oxygen atoms in total. The predicted octanol–water partition coefficient (Wildman–Crippen LogP) is 4.64. The van der Waals surface area contributed by atoms with Crippen molar-refractivity contribution in [2.24, 2.45) is 0 Å². The lowest BCUT2D eigenvalue weighted by Crippen LogP contribution is -1.99. The molecule has 0 aliphatic carbocycles. The van der Waals surface area contributed by atoms with E-state index in [1.807, 2.05) is 0 Å². The van der Waals surface area contributed by atoms with Crippen molar-refractivity contribution >= 4 is 0 Å². The normalized spacial score (nSPS) is 10.4. The smallest absolute Gasteiger partial charge is 0.137 e. The largest absolute Gasteiger partial charge is 0.489 e. The van der Waals surface area contributed by atoms with Crippen molar-refractivity contribution in [3.8, 4) is 16.9 Å². The van der Waals surface area contributed by atoms with Crippen LogP contribution in [0.3, 0.4) is 0 Å². The van der Waals surface area contributed by atoms with Crippen LogP contribution < -0.4 is 4.74 Å². The number of benzene rings is 2. The first kappa shape index (κ1) is 14.2. The average molecular weight is 278 g/mol. The quantitative estimate of drug-likeness (QED) is 0.740. The second kappa shape index (κ2) is 5.82. The monoisotopic (exact) mass is 278 g/mol. The van der Waals surface area contributed by atoms with Crippen molar-refractivity contribution in [2.75, 3.05) is 6.61 Å². The molecule has 0 aliphatic heterocycles. The van der Waals surface area contributed by atoms with Gasteiger partial charge in [-0.1, -0.05) is 24.8 Å². The lowest BCUT2D eigenvalue weighted by atomic mass is 9.99. The molecule has 0 aromatic heterocycles. The third-order valence-electron chi connectivity index (χ3n) is 2.86. The Morgan fingerprint density at radius 3 is 2.25 bits per heavy atom. The van der Waals surface area contributed by atoms with E-state index in [0.717, 1.165) is 12.1 Å². The predicted molar refractivity (Wildman–Crippen MR) is 72.2 cm³/mol. The molecule has 0 unspecified atom stereocenters. The highest BCUT2D eigenvalue weighted by atomic mass is 19.1. The van der Waals surface area contributed by atoms with Gasteiger partial charge >= 0.3 is 0 Å². The fraction of sp³-hybridized carbons (Fsp3) is 0.125. The van der Waals surface area contributed by atoms with Gasteiger partial charge in [-0.3, -0.25) is 0 Å². The zero-order valence-electron chi connectivity index (χ0n) is 10.9. The molecule has 0 saturated heterocycles. The number of ether oxygens (including phenoxy) is 1. The molecule has 0 bridgehead atoms. The molecule has 2 aromatic rings. The van der Waals surface area contributed by atoms with Gasteiger partial charge < -0.3 is 4.74 Å². The van der Waals surface area contributed by atoms with Crippen molar-refractivity contribution in [1.82, 2.24) is 0 Å². The van der Waals surface area contributed by atoms with Gasteiger partial charge in [0.05, 0.1) is 5.56 Å². The van der Waals surface area contributed by atoms with Crippen LogP contribution in [0.4, 0.5) is 13.2 Å². The molecule has 0 fully saturated rings. The topological polar surface area (TPSA) is 9.23 Å². The fourth-order valence-electron chi connectivity index (χ4n) is 1.98. The zero-order valence-corrected chi connectivity index (χ0v) is 10.9. The summed E-state index contributed by atoms with van der Waals surface area (Å²) in [4.78, 5) is 0. The van der Waals surface area contributed by atoms with Gasteiger partial charge in [0, 0.05) is 17.7 Å². The Bertz CT molecular complexity index is 607. The van der Waals surface area contributed by atoms with Crippen molar-refractivity contribution in [3.63, 3.8) is 0 Å². The highest BCUT2D eigenvalue weighted by molar-refractivity contribution is 5.69. The first-order chi connectivity index (χ1) is 9.54. The third-order valence-corrected chi connectivity index (χ3v) is 2.86. The van der Waals surface area contributed by atoms with E-state index in [1.54, 1.807) is 13.0 Å². The van der Waals surface area contributed by atoms with Crippen LogP contribution in [0, 0.1) is 24.4 Å². The SMILES string of the molecule is C=CCOc1cc(F)c(-c2c(C)cccc2F)c(F)c1. The van der Waals surface area contributed by atoms with Crippen LogP contribution in [0.15, 0.2) is 43.0 Å². The highest BCUT2D eigenvalue weighted by Gasteiger charge is 2.18. The Kier molecular flexibility index (Phi) is 4.13. The van der Waals surface area contributed by atoms with Gasteiger partial charge in [-0.25, -0.2) is 13.2 Å². The molecule has 20 heavy (non-hydrogen) atoms. The first-order valence-corrected chi connectivity index (χ1v) is 6.02. The van der Waals surface area contributed by atoms with Gasteiger partial charge in [0.15, 0.2) is 0 Å². The van der Waals surface area contributed by atoms with Crippen LogP contribution in [-0.4, -0.2) is 6.61 Å². The summed E-state index contributed by atoms with van der Waals surface area (Å²) in [6.45, 7) is 5.18. The van der Waals surface area contributed by atoms with E-state index in [1.165, 1.54) is 18.2 Å². The molecular formula is C16H13F3O. The Hall–Kier alpha value is -2.23. The Balaban J connectivity index is 2.55. The molecule has 0 heterocycles. The van der Waals surface area contributed by atoms with Crippen molar-refractivity contribution in [2.45, 2.75) is 6.92 Å². The molecule has 0 radical (unpaired) electrons. The minimum Gasteiger partial charge on any atom is -0.489 e. The average Bonchev–Trinajstić information content (AvgIpc) is 2.39. The van der Waals surface area contributed by atoms with E-state index in [4.69, 9.17) is 4.74 Å². The fourth-order valence-corrected chi connectivity index (χ4v) is 1.98.